The minimum Gasteiger partial charge on any atom is -0.445 e. The summed E-state index contributed by atoms with van der Waals surface area (Å²) in [5, 5.41) is -0.0429. The summed E-state index contributed by atoms with van der Waals surface area (Å²) in [5.74, 6) is -0.840. The highest BCUT2D eigenvalue weighted by Gasteiger charge is 2.39. The molecule has 0 aliphatic carbocycles. The van der Waals surface area contributed by atoms with Crippen LogP contribution in [0.15, 0.2) is 42.7 Å². The van der Waals surface area contributed by atoms with Gasteiger partial charge in [0.2, 0.25) is 5.28 Å². The molecule has 1 aromatic carbocycles. The number of hydrogen-bond donors (Lipinski definition) is 0. The molecular formula is C25H23ClF4N6O2. The molecule has 2 aliphatic rings. The van der Waals surface area contributed by atoms with Gasteiger partial charge in [-0.15, -0.1) is 0 Å². The van der Waals surface area contributed by atoms with Crippen LogP contribution >= 0.6 is 11.6 Å². The van der Waals surface area contributed by atoms with Crippen LogP contribution in [0.2, 0.25) is 5.28 Å². The first-order valence-electron chi connectivity index (χ1n) is 11.9. The minimum atomic E-state index is -4.88. The van der Waals surface area contributed by atoms with E-state index in [0.29, 0.717) is 50.3 Å². The van der Waals surface area contributed by atoms with E-state index in [1.165, 1.54) is 4.90 Å². The molecule has 200 valence electrons. The van der Waals surface area contributed by atoms with Crippen molar-refractivity contribution in [3.63, 3.8) is 0 Å². The van der Waals surface area contributed by atoms with Crippen molar-refractivity contribution in [2.24, 2.45) is 0 Å². The van der Waals surface area contributed by atoms with Crippen molar-refractivity contribution in [3.05, 3.63) is 76.2 Å². The lowest BCUT2D eigenvalue weighted by Crippen LogP contribution is -2.49. The van der Waals surface area contributed by atoms with E-state index in [0.717, 1.165) is 17.3 Å². The number of alkyl halides is 3. The predicted octanol–water partition coefficient (Wildman–Crippen LogP) is 4.70. The van der Waals surface area contributed by atoms with Crippen molar-refractivity contribution >= 4 is 29.2 Å². The molecule has 2 aromatic heterocycles. The molecule has 5 rings (SSSR count). The fourth-order valence-corrected chi connectivity index (χ4v) is 4.89. The number of halogens is 5. The number of fused-ring (bicyclic) bond motifs is 1. The molecule has 3 aromatic rings. The van der Waals surface area contributed by atoms with Gasteiger partial charge in [0.1, 0.15) is 18.0 Å². The monoisotopic (exact) mass is 550 g/mol. The molecule has 8 nitrogen and oxygen atoms in total. The van der Waals surface area contributed by atoms with E-state index in [-0.39, 0.29) is 30.7 Å². The maximum Gasteiger partial charge on any atom is 0.421 e. The average molecular weight is 551 g/mol. The van der Waals surface area contributed by atoms with Crippen LogP contribution in [0.4, 0.5) is 33.9 Å². The van der Waals surface area contributed by atoms with Gasteiger partial charge in [-0.1, -0.05) is 30.3 Å². The van der Waals surface area contributed by atoms with Crippen LogP contribution in [-0.2, 0) is 30.5 Å². The summed E-state index contributed by atoms with van der Waals surface area (Å²) in [6, 6.07) is 9.39. The van der Waals surface area contributed by atoms with Crippen molar-refractivity contribution in [1.82, 2.24) is 19.9 Å². The molecule has 0 atom stereocenters. The van der Waals surface area contributed by atoms with Crippen LogP contribution in [0.1, 0.15) is 22.4 Å². The number of pyridine rings is 1. The zero-order valence-corrected chi connectivity index (χ0v) is 20.8. The summed E-state index contributed by atoms with van der Waals surface area (Å²) in [6.45, 7) is 2.10. The van der Waals surface area contributed by atoms with Crippen molar-refractivity contribution < 1.29 is 27.1 Å². The first kappa shape index (κ1) is 26.0. The molecule has 0 N–H and O–H groups in total. The number of nitrogens with zero attached hydrogens (tertiary/aromatic N) is 6. The SMILES string of the molecule is O=C(OCc1ccccc1)N1CCN(c2nc(Cl)nc3c2CCN(c2cncc(F)c2C(F)(F)F)C3)CC1. The molecule has 0 saturated carbocycles. The smallest absolute Gasteiger partial charge is 0.421 e. The number of hydrogen-bond acceptors (Lipinski definition) is 7. The summed E-state index contributed by atoms with van der Waals surface area (Å²) in [6.07, 6.45) is -3.39. The summed E-state index contributed by atoms with van der Waals surface area (Å²) in [4.78, 5) is 29.8. The van der Waals surface area contributed by atoms with Gasteiger partial charge in [-0.25, -0.2) is 19.2 Å². The lowest BCUT2D eigenvalue weighted by molar-refractivity contribution is -0.139. The summed E-state index contributed by atoms with van der Waals surface area (Å²) in [5.41, 5.74) is 0.429. The number of ether oxygens (including phenoxy) is 1. The molecule has 1 saturated heterocycles. The van der Waals surface area contributed by atoms with E-state index in [1.54, 1.807) is 4.90 Å². The number of benzene rings is 1. The second kappa shape index (κ2) is 10.6. The molecule has 0 unspecified atom stereocenters. The number of aromatic nitrogens is 3. The Morgan fingerprint density at radius 1 is 1.00 bits per heavy atom. The molecule has 1 amide bonds. The molecule has 0 radical (unpaired) electrons. The highest BCUT2D eigenvalue weighted by atomic mass is 35.5. The molecule has 1 fully saturated rings. The van der Waals surface area contributed by atoms with Gasteiger partial charge in [-0.2, -0.15) is 13.2 Å². The van der Waals surface area contributed by atoms with E-state index in [4.69, 9.17) is 16.3 Å². The van der Waals surface area contributed by atoms with Crippen LogP contribution in [0, 0.1) is 5.82 Å². The zero-order valence-electron chi connectivity index (χ0n) is 20.1. The number of carbonyl (C=O) groups is 1. The third kappa shape index (κ3) is 5.45. The van der Waals surface area contributed by atoms with E-state index in [9.17, 15) is 22.4 Å². The number of rotatable bonds is 4. The first-order valence-corrected chi connectivity index (χ1v) is 12.3. The fraction of sp³-hybridized carbons (Fsp3) is 0.360. The van der Waals surface area contributed by atoms with Crippen molar-refractivity contribution in [3.8, 4) is 0 Å². The topological polar surface area (TPSA) is 74.7 Å². The minimum absolute atomic E-state index is 0.00936. The average Bonchev–Trinajstić information content (AvgIpc) is 2.90. The van der Waals surface area contributed by atoms with Crippen LogP contribution < -0.4 is 9.80 Å². The van der Waals surface area contributed by atoms with Crippen LogP contribution in [0.25, 0.3) is 0 Å². The normalized spacial score (nSPS) is 15.9. The Morgan fingerprint density at radius 2 is 1.74 bits per heavy atom. The highest BCUT2D eigenvalue weighted by Crippen LogP contribution is 2.40. The van der Waals surface area contributed by atoms with Crippen LogP contribution in [0.5, 0.6) is 0 Å². The van der Waals surface area contributed by atoms with Gasteiger partial charge in [0, 0.05) is 38.3 Å². The molecule has 38 heavy (non-hydrogen) atoms. The summed E-state index contributed by atoms with van der Waals surface area (Å²) < 4.78 is 60.2. The van der Waals surface area contributed by atoms with Crippen LogP contribution in [-0.4, -0.2) is 58.7 Å². The Bertz CT molecular complexity index is 1320. The Kier molecular flexibility index (Phi) is 7.24. The van der Waals surface area contributed by atoms with E-state index >= 15 is 0 Å². The van der Waals surface area contributed by atoms with Gasteiger partial charge in [0.25, 0.3) is 0 Å². The fourth-order valence-electron chi connectivity index (χ4n) is 4.71. The Balaban J connectivity index is 1.28. The maximum atomic E-state index is 14.1. The van der Waals surface area contributed by atoms with Gasteiger partial charge >= 0.3 is 12.3 Å². The molecule has 2 aliphatic heterocycles. The van der Waals surface area contributed by atoms with Crippen molar-refractivity contribution in [2.45, 2.75) is 25.7 Å². The number of carbonyl (C=O) groups excluding carboxylic acids is 1. The Labute approximate surface area is 220 Å². The Morgan fingerprint density at radius 3 is 2.45 bits per heavy atom. The third-order valence-corrected chi connectivity index (χ3v) is 6.73. The quantitative estimate of drug-likeness (QED) is 0.344. The first-order chi connectivity index (χ1) is 18.2. The molecular weight excluding hydrogens is 528 g/mol. The largest absolute Gasteiger partial charge is 0.445 e. The standard InChI is InChI=1S/C25H23ClF4N6O2/c26-23-32-19-14-36(20-13-31-12-18(27)21(20)25(28,29)30)7-6-17(19)22(33-23)34-8-10-35(11-9-34)24(37)38-15-16-4-2-1-3-5-16/h1-5,12-13H,6-11,14-15H2. The van der Waals surface area contributed by atoms with Gasteiger partial charge in [0.05, 0.1) is 30.3 Å². The molecule has 0 spiro atoms. The van der Waals surface area contributed by atoms with E-state index in [2.05, 4.69) is 15.0 Å². The van der Waals surface area contributed by atoms with E-state index < -0.39 is 23.7 Å². The van der Waals surface area contributed by atoms with Gasteiger partial charge in [-0.05, 0) is 23.6 Å². The highest BCUT2D eigenvalue weighted by molar-refractivity contribution is 6.28. The number of amides is 1. The lowest BCUT2D eigenvalue weighted by atomic mass is 10.0. The van der Waals surface area contributed by atoms with Gasteiger partial charge in [0.15, 0.2) is 5.82 Å². The molecule has 13 heteroatoms. The predicted molar refractivity (Wildman–Crippen MR) is 131 cm³/mol. The lowest BCUT2D eigenvalue weighted by Gasteiger charge is -2.38. The van der Waals surface area contributed by atoms with Crippen molar-refractivity contribution in [1.29, 1.82) is 0 Å². The summed E-state index contributed by atoms with van der Waals surface area (Å²) in [7, 11) is 0. The maximum absolute atomic E-state index is 14.1. The van der Waals surface area contributed by atoms with E-state index in [1.807, 2.05) is 35.2 Å². The third-order valence-electron chi connectivity index (χ3n) is 6.56. The Hall–Kier alpha value is -3.67. The van der Waals surface area contributed by atoms with Crippen molar-refractivity contribution in [2.75, 3.05) is 42.5 Å². The molecule has 0 bridgehead atoms. The number of anilines is 2. The van der Waals surface area contributed by atoms with Crippen LogP contribution in [0.3, 0.4) is 0 Å². The summed E-state index contributed by atoms with van der Waals surface area (Å²) >= 11 is 6.20. The molecule has 4 heterocycles. The number of piperazine rings is 1. The second-order valence-corrected chi connectivity index (χ2v) is 9.28. The second-order valence-electron chi connectivity index (χ2n) is 8.94. The zero-order chi connectivity index (χ0) is 26.9. The van der Waals surface area contributed by atoms with Gasteiger partial charge in [-0.3, -0.25) is 4.98 Å². The van der Waals surface area contributed by atoms with Gasteiger partial charge < -0.3 is 19.4 Å².